The molecule has 2 aromatic carbocycles. The van der Waals surface area contributed by atoms with Crippen LogP contribution in [0.15, 0.2) is 41.3 Å². The van der Waals surface area contributed by atoms with Crippen molar-refractivity contribution >= 4 is 33.4 Å². The molecule has 0 aliphatic carbocycles. The number of carbonyl (C=O) groups is 2. The first-order valence-corrected chi connectivity index (χ1v) is 12.4. The zero-order valence-electron chi connectivity index (χ0n) is 18.1. The predicted molar refractivity (Wildman–Crippen MR) is 120 cm³/mol. The van der Waals surface area contributed by atoms with Gasteiger partial charge in [0.15, 0.2) is 17.3 Å². The molecule has 0 saturated carbocycles. The Hall–Kier alpha value is -2.62. The van der Waals surface area contributed by atoms with Gasteiger partial charge in [-0.2, -0.15) is 4.31 Å². The van der Waals surface area contributed by atoms with E-state index in [1.807, 2.05) is 0 Å². The molecule has 0 atom stereocenters. The fraction of sp³-hybridized carbons (Fsp3) is 0.391. The van der Waals surface area contributed by atoms with E-state index in [2.05, 4.69) is 0 Å². The molecule has 0 amide bonds. The summed E-state index contributed by atoms with van der Waals surface area (Å²) in [5.74, 6) is 0.0321. The Labute approximate surface area is 197 Å². The van der Waals surface area contributed by atoms with Gasteiger partial charge in [-0.25, -0.2) is 8.42 Å². The van der Waals surface area contributed by atoms with E-state index in [0.717, 1.165) is 0 Å². The highest BCUT2D eigenvalue weighted by Crippen LogP contribution is 2.38. The molecule has 0 aromatic heterocycles. The highest BCUT2D eigenvalue weighted by Gasteiger charge is 2.33. The van der Waals surface area contributed by atoms with Crippen LogP contribution in [0.3, 0.4) is 0 Å². The Kier molecular flexibility index (Phi) is 6.92. The molecule has 8 nitrogen and oxygen atoms in total. The summed E-state index contributed by atoms with van der Waals surface area (Å²) in [5.41, 5.74) is 1.02. The van der Waals surface area contributed by atoms with Gasteiger partial charge in [-0.1, -0.05) is 23.7 Å². The molecule has 2 aliphatic heterocycles. The summed E-state index contributed by atoms with van der Waals surface area (Å²) in [6, 6.07) is 9.40. The molecular formula is C23H24ClNO7S. The summed E-state index contributed by atoms with van der Waals surface area (Å²) in [6.45, 7) is 2.67. The molecule has 1 saturated heterocycles. The third-order valence-corrected chi connectivity index (χ3v) is 7.88. The lowest BCUT2D eigenvalue weighted by Crippen LogP contribution is -2.40. The zero-order valence-corrected chi connectivity index (χ0v) is 19.7. The molecule has 0 N–H and O–H groups in total. The van der Waals surface area contributed by atoms with Crippen molar-refractivity contribution in [2.75, 3.05) is 26.3 Å². The van der Waals surface area contributed by atoms with Crippen LogP contribution in [-0.2, 0) is 26.2 Å². The fourth-order valence-electron chi connectivity index (χ4n) is 3.88. The lowest BCUT2D eigenvalue weighted by Gasteiger charge is -2.30. The minimum atomic E-state index is -3.75. The molecule has 0 radical (unpaired) electrons. The number of piperidine rings is 1. The third kappa shape index (κ3) is 5.15. The first-order chi connectivity index (χ1) is 15.8. The van der Waals surface area contributed by atoms with Crippen molar-refractivity contribution in [1.29, 1.82) is 0 Å². The molecule has 2 aromatic rings. The highest BCUT2D eigenvalue weighted by atomic mass is 35.5. The van der Waals surface area contributed by atoms with E-state index in [1.165, 1.54) is 23.4 Å². The number of fused-ring (bicyclic) bond motifs is 1. The van der Waals surface area contributed by atoms with E-state index in [0.29, 0.717) is 53.7 Å². The Balaban J connectivity index is 1.34. The molecular weight excluding hydrogens is 470 g/mol. The minimum absolute atomic E-state index is 0.0333. The van der Waals surface area contributed by atoms with Gasteiger partial charge in [0.25, 0.3) is 0 Å². The normalized spacial score (nSPS) is 16.9. The van der Waals surface area contributed by atoms with E-state index >= 15 is 0 Å². The second-order valence-corrected chi connectivity index (χ2v) is 10.3. The average molecular weight is 494 g/mol. The zero-order chi connectivity index (χ0) is 23.6. The number of rotatable bonds is 6. The Bertz CT molecular complexity index is 1170. The van der Waals surface area contributed by atoms with Crippen LogP contribution < -0.4 is 9.47 Å². The molecule has 0 bridgehead atoms. The smallest absolute Gasteiger partial charge is 0.309 e. The number of esters is 1. The van der Waals surface area contributed by atoms with Crippen molar-refractivity contribution in [3.63, 3.8) is 0 Å². The lowest BCUT2D eigenvalue weighted by molar-refractivity contribution is -0.151. The van der Waals surface area contributed by atoms with Gasteiger partial charge in [-0.3, -0.25) is 9.59 Å². The van der Waals surface area contributed by atoms with Crippen molar-refractivity contribution in [3.8, 4) is 11.5 Å². The van der Waals surface area contributed by atoms with Crippen LogP contribution in [-0.4, -0.2) is 50.8 Å². The summed E-state index contributed by atoms with van der Waals surface area (Å²) >= 11 is 6.22. The number of carbonyl (C=O) groups excluding carboxylic acids is 2. The Morgan fingerprint density at radius 3 is 2.58 bits per heavy atom. The Morgan fingerprint density at radius 2 is 1.85 bits per heavy atom. The number of Topliss-reactive ketones (excluding diaryl/α,β-unsaturated/α-hetero) is 1. The topological polar surface area (TPSA) is 99.2 Å². The van der Waals surface area contributed by atoms with Gasteiger partial charge in [-0.15, -0.1) is 0 Å². The van der Waals surface area contributed by atoms with Gasteiger partial charge in [0.1, 0.15) is 19.8 Å². The molecule has 10 heteroatoms. The van der Waals surface area contributed by atoms with Gasteiger partial charge in [-0.05, 0) is 49.6 Å². The number of nitrogens with zero attached hydrogens (tertiary/aromatic N) is 1. The van der Waals surface area contributed by atoms with Crippen LogP contribution >= 0.6 is 11.6 Å². The Morgan fingerprint density at radius 1 is 1.12 bits per heavy atom. The van der Waals surface area contributed by atoms with Gasteiger partial charge in [0.05, 0.1) is 15.8 Å². The molecule has 2 aliphatic rings. The first kappa shape index (κ1) is 23.5. The number of hydrogen-bond acceptors (Lipinski definition) is 7. The molecule has 0 spiro atoms. The number of hydrogen-bond donors (Lipinski definition) is 0. The maximum atomic E-state index is 13.0. The van der Waals surface area contributed by atoms with E-state index in [9.17, 15) is 18.0 Å². The summed E-state index contributed by atoms with van der Waals surface area (Å²) in [6.07, 6.45) is 0.707. The summed E-state index contributed by atoms with van der Waals surface area (Å²) in [7, 11) is -3.75. The summed E-state index contributed by atoms with van der Waals surface area (Å²) in [4.78, 5) is 24.2. The summed E-state index contributed by atoms with van der Waals surface area (Å²) in [5, 5.41) is 0.394. The van der Waals surface area contributed by atoms with Crippen LogP contribution in [0.5, 0.6) is 11.5 Å². The van der Waals surface area contributed by atoms with E-state index in [4.69, 9.17) is 25.8 Å². The molecule has 2 heterocycles. The number of benzene rings is 2. The molecule has 33 heavy (non-hydrogen) atoms. The average Bonchev–Trinajstić information content (AvgIpc) is 2.82. The molecule has 1 fully saturated rings. The monoisotopic (exact) mass is 493 g/mol. The summed E-state index contributed by atoms with van der Waals surface area (Å²) < 4.78 is 43.8. The number of ether oxygens (including phenoxy) is 3. The van der Waals surface area contributed by atoms with Crippen molar-refractivity contribution in [2.45, 2.75) is 31.3 Å². The maximum Gasteiger partial charge on any atom is 0.309 e. The molecule has 4 rings (SSSR count). The van der Waals surface area contributed by atoms with Crippen molar-refractivity contribution in [3.05, 3.63) is 52.5 Å². The van der Waals surface area contributed by atoms with Crippen LogP contribution in [0.1, 0.15) is 35.7 Å². The van der Waals surface area contributed by atoms with Crippen LogP contribution in [0.25, 0.3) is 0 Å². The van der Waals surface area contributed by atoms with E-state index < -0.39 is 15.9 Å². The van der Waals surface area contributed by atoms with Crippen LogP contribution in [0.4, 0.5) is 0 Å². The predicted octanol–water partition coefficient (Wildman–Crippen LogP) is 3.46. The van der Waals surface area contributed by atoms with E-state index in [1.54, 1.807) is 24.3 Å². The second kappa shape index (κ2) is 9.70. The van der Waals surface area contributed by atoms with Gasteiger partial charge in [0.2, 0.25) is 10.0 Å². The quantitative estimate of drug-likeness (QED) is 0.449. The SMILES string of the molecule is CC(=O)c1cccc(S(=O)(=O)N2CCC(C(=O)OCc3cc(Cl)c4c(c3)OCCO4)CC2)c1. The number of halogens is 1. The molecule has 176 valence electrons. The van der Waals surface area contributed by atoms with Gasteiger partial charge < -0.3 is 14.2 Å². The highest BCUT2D eigenvalue weighted by molar-refractivity contribution is 7.89. The fourth-order valence-corrected chi connectivity index (χ4v) is 5.68. The largest absolute Gasteiger partial charge is 0.486 e. The van der Waals surface area contributed by atoms with Crippen LogP contribution in [0, 0.1) is 5.92 Å². The van der Waals surface area contributed by atoms with Crippen molar-refractivity contribution in [2.24, 2.45) is 5.92 Å². The number of ketones is 1. The molecule has 0 unspecified atom stereocenters. The van der Waals surface area contributed by atoms with Crippen molar-refractivity contribution in [1.82, 2.24) is 4.31 Å². The second-order valence-electron chi connectivity index (χ2n) is 7.97. The van der Waals surface area contributed by atoms with Gasteiger partial charge in [0, 0.05) is 18.7 Å². The first-order valence-electron chi connectivity index (χ1n) is 10.6. The number of sulfonamides is 1. The standard InChI is InChI=1S/C23H24ClNO7S/c1-15(26)18-3-2-4-19(13-18)33(28,29)25-7-5-17(6-8-25)23(27)32-14-16-11-20(24)22-21(12-16)30-9-10-31-22/h2-4,11-13,17H,5-10,14H2,1H3. The third-order valence-electron chi connectivity index (χ3n) is 5.70. The van der Waals surface area contributed by atoms with E-state index in [-0.39, 0.29) is 36.3 Å². The van der Waals surface area contributed by atoms with Crippen molar-refractivity contribution < 1.29 is 32.2 Å². The lowest BCUT2D eigenvalue weighted by atomic mass is 9.98. The van der Waals surface area contributed by atoms with Crippen LogP contribution in [0.2, 0.25) is 5.02 Å². The minimum Gasteiger partial charge on any atom is -0.486 e. The van der Waals surface area contributed by atoms with Gasteiger partial charge >= 0.3 is 5.97 Å². The maximum absolute atomic E-state index is 13.0.